The minimum atomic E-state index is 0.133. The maximum absolute atomic E-state index is 6.01. The molecule has 0 heterocycles. The minimum absolute atomic E-state index is 0.133. The summed E-state index contributed by atoms with van der Waals surface area (Å²) in [7, 11) is 2.01. The topological polar surface area (TPSA) is 21.3 Å². The van der Waals surface area contributed by atoms with Crippen LogP contribution in [-0.4, -0.2) is 20.2 Å². The molecule has 0 aliphatic heterocycles. The van der Waals surface area contributed by atoms with E-state index in [0.717, 1.165) is 25.3 Å². The van der Waals surface area contributed by atoms with Crippen LogP contribution in [-0.2, 0) is 5.41 Å². The molecular weight excluding hydrogens is 246 g/mol. The lowest BCUT2D eigenvalue weighted by Gasteiger charge is -2.23. The largest absolute Gasteiger partial charge is 0.493 e. The molecule has 0 aromatic heterocycles. The number of benzene rings is 1. The second kappa shape index (κ2) is 8.31. The van der Waals surface area contributed by atoms with Gasteiger partial charge in [-0.1, -0.05) is 51.3 Å². The first kappa shape index (κ1) is 17.0. The molecule has 114 valence electrons. The normalized spacial score (nSPS) is 11.7. The maximum Gasteiger partial charge on any atom is 0.123 e. The molecule has 2 nitrogen and oxygen atoms in total. The molecule has 0 atom stereocenters. The second-order valence-electron chi connectivity index (χ2n) is 6.62. The van der Waals surface area contributed by atoms with Crippen molar-refractivity contribution in [3.05, 3.63) is 29.3 Å². The van der Waals surface area contributed by atoms with Gasteiger partial charge < -0.3 is 10.1 Å². The minimum Gasteiger partial charge on any atom is -0.493 e. The summed E-state index contributed by atoms with van der Waals surface area (Å²) in [5, 5.41) is 3.18. The third-order valence-electron chi connectivity index (χ3n) is 3.52. The third kappa shape index (κ3) is 5.96. The van der Waals surface area contributed by atoms with Crippen LogP contribution >= 0.6 is 0 Å². The lowest BCUT2D eigenvalue weighted by Crippen LogP contribution is -2.14. The van der Waals surface area contributed by atoms with Crippen molar-refractivity contribution in [2.75, 3.05) is 20.2 Å². The Morgan fingerprint density at radius 1 is 1.05 bits per heavy atom. The molecule has 0 amide bonds. The summed E-state index contributed by atoms with van der Waals surface area (Å²) in [6, 6.07) is 6.51. The van der Waals surface area contributed by atoms with E-state index in [-0.39, 0.29) is 5.41 Å². The number of hydrogen-bond donors (Lipinski definition) is 1. The van der Waals surface area contributed by atoms with Crippen LogP contribution in [0.2, 0.25) is 0 Å². The Morgan fingerprint density at radius 2 is 1.75 bits per heavy atom. The van der Waals surface area contributed by atoms with Gasteiger partial charge in [0, 0.05) is 0 Å². The molecule has 20 heavy (non-hydrogen) atoms. The van der Waals surface area contributed by atoms with E-state index in [4.69, 9.17) is 4.74 Å². The standard InChI is InChI=1S/C18H31NO/c1-15-10-11-17(16(14-15)18(2,3)4)20-13-9-7-6-8-12-19-5/h10-11,14,19H,6-9,12-13H2,1-5H3. The van der Waals surface area contributed by atoms with Gasteiger partial charge in [0.1, 0.15) is 5.75 Å². The molecule has 0 fully saturated rings. The Morgan fingerprint density at radius 3 is 2.40 bits per heavy atom. The lowest BCUT2D eigenvalue weighted by molar-refractivity contribution is 0.297. The monoisotopic (exact) mass is 277 g/mol. The van der Waals surface area contributed by atoms with Gasteiger partial charge in [0.15, 0.2) is 0 Å². The smallest absolute Gasteiger partial charge is 0.123 e. The SMILES string of the molecule is CNCCCCCCOc1ccc(C)cc1C(C)(C)C. The van der Waals surface area contributed by atoms with Crippen LogP contribution in [0.3, 0.4) is 0 Å². The van der Waals surface area contributed by atoms with Crippen LogP contribution in [0.4, 0.5) is 0 Å². The van der Waals surface area contributed by atoms with Crippen LogP contribution in [0.25, 0.3) is 0 Å². The number of nitrogens with one attached hydrogen (secondary N) is 1. The van der Waals surface area contributed by atoms with Gasteiger partial charge in [-0.05, 0) is 50.4 Å². The lowest BCUT2D eigenvalue weighted by atomic mass is 9.85. The van der Waals surface area contributed by atoms with Crippen LogP contribution in [0.15, 0.2) is 18.2 Å². The van der Waals surface area contributed by atoms with E-state index in [1.165, 1.54) is 30.4 Å². The zero-order valence-electron chi connectivity index (χ0n) is 13.9. The zero-order chi connectivity index (χ0) is 15.0. The number of ether oxygens (including phenoxy) is 1. The first-order chi connectivity index (χ1) is 9.45. The third-order valence-corrected chi connectivity index (χ3v) is 3.52. The molecule has 2 heteroatoms. The molecule has 1 N–H and O–H groups in total. The van der Waals surface area contributed by atoms with E-state index in [0.29, 0.717) is 0 Å². The van der Waals surface area contributed by atoms with E-state index in [1.807, 2.05) is 7.05 Å². The molecule has 0 saturated heterocycles. The molecule has 1 rings (SSSR count). The summed E-state index contributed by atoms with van der Waals surface area (Å²) in [5.41, 5.74) is 2.75. The van der Waals surface area contributed by atoms with Crippen LogP contribution in [0.5, 0.6) is 5.75 Å². The van der Waals surface area contributed by atoms with Crippen molar-refractivity contribution in [3.8, 4) is 5.75 Å². The molecule has 1 aromatic carbocycles. The number of rotatable bonds is 8. The Hall–Kier alpha value is -1.02. The van der Waals surface area contributed by atoms with Gasteiger partial charge in [0.2, 0.25) is 0 Å². The molecule has 0 bridgehead atoms. The Labute approximate surface area is 124 Å². The van der Waals surface area contributed by atoms with Crippen molar-refractivity contribution in [2.24, 2.45) is 0 Å². The molecule has 0 saturated carbocycles. The summed E-state index contributed by atoms with van der Waals surface area (Å²) in [4.78, 5) is 0. The van der Waals surface area contributed by atoms with Gasteiger partial charge >= 0.3 is 0 Å². The van der Waals surface area contributed by atoms with Crippen molar-refractivity contribution in [1.82, 2.24) is 5.32 Å². The van der Waals surface area contributed by atoms with Crippen molar-refractivity contribution in [1.29, 1.82) is 0 Å². The molecule has 0 aliphatic carbocycles. The molecule has 1 aromatic rings. The average Bonchev–Trinajstić information content (AvgIpc) is 2.38. The van der Waals surface area contributed by atoms with Crippen LogP contribution in [0.1, 0.15) is 57.6 Å². The maximum atomic E-state index is 6.01. The first-order valence-electron chi connectivity index (χ1n) is 7.83. The van der Waals surface area contributed by atoms with Gasteiger partial charge in [0.25, 0.3) is 0 Å². The average molecular weight is 277 g/mol. The summed E-state index contributed by atoms with van der Waals surface area (Å²) < 4.78 is 6.01. The van der Waals surface area contributed by atoms with Crippen molar-refractivity contribution in [3.63, 3.8) is 0 Å². The van der Waals surface area contributed by atoms with E-state index >= 15 is 0 Å². The van der Waals surface area contributed by atoms with E-state index in [1.54, 1.807) is 0 Å². The number of hydrogen-bond acceptors (Lipinski definition) is 2. The highest BCUT2D eigenvalue weighted by Crippen LogP contribution is 2.32. The highest BCUT2D eigenvalue weighted by Gasteiger charge is 2.18. The van der Waals surface area contributed by atoms with Crippen molar-refractivity contribution in [2.45, 2.75) is 58.8 Å². The molecule has 0 radical (unpaired) electrons. The van der Waals surface area contributed by atoms with E-state index in [2.05, 4.69) is 51.2 Å². The number of unbranched alkanes of at least 4 members (excludes halogenated alkanes) is 3. The fourth-order valence-electron chi connectivity index (χ4n) is 2.30. The highest BCUT2D eigenvalue weighted by atomic mass is 16.5. The van der Waals surface area contributed by atoms with Gasteiger partial charge in [-0.3, -0.25) is 0 Å². The molecule has 0 aliphatic rings. The Kier molecular flexibility index (Phi) is 7.08. The van der Waals surface area contributed by atoms with Crippen LogP contribution < -0.4 is 10.1 Å². The molecular formula is C18H31NO. The number of aryl methyl sites for hydroxylation is 1. The fourth-order valence-corrected chi connectivity index (χ4v) is 2.30. The Balaban J connectivity index is 2.44. The van der Waals surface area contributed by atoms with E-state index < -0.39 is 0 Å². The predicted octanol–water partition coefficient (Wildman–Crippen LogP) is 4.45. The quantitative estimate of drug-likeness (QED) is 0.709. The van der Waals surface area contributed by atoms with Crippen molar-refractivity contribution < 1.29 is 4.74 Å². The first-order valence-corrected chi connectivity index (χ1v) is 7.83. The second-order valence-corrected chi connectivity index (χ2v) is 6.62. The van der Waals surface area contributed by atoms with Gasteiger partial charge in [-0.15, -0.1) is 0 Å². The van der Waals surface area contributed by atoms with Gasteiger partial charge in [-0.25, -0.2) is 0 Å². The molecule has 0 unspecified atom stereocenters. The Bertz CT molecular complexity index is 393. The van der Waals surface area contributed by atoms with Gasteiger partial charge in [0.05, 0.1) is 6.61 Å². The summed E-state index contributed by atoms with van der Waals surface area (Å²) in [6.07, 6.45) is 4.93. The van der Waals surface area contributed by atoms with Gasteiger partial charge in [-0.2, -0.15) is 0 Å². The zero-order valence-corrected chi connectivity index (χ0v) is 13.9. The summed E-state index contributed by atoms with van der Waals surface area (Å²) in [5.74, 6) is 1.05. The molecule has 0 spiro atoms. The predicted molar refractivity (Wildman–Crippen MR) is 87.8 cm³/mol. The summed E-state index contributed by atoms with van der Waals surface area (Å²) in [6.45, 7) is 10.8. The van der Waals surface area contributed by atoms with Crippen LogP contribution in [0, 0.1) is 6.92 Å². The fraction of sp³-hybridized carbons (Fsp3) is 0.667. The van der Waals surface area contributed by atoms with Crippen molar-refractivity contribution >= 4 is 0 Å². The van der Waals surface area contributed by atoms with E-state index in [9.17, 15) is 0 Å². The summed E-state index contributed by atoms with van der Waals surface area (Å²) >= 11 is 0. The highest BCUT2D eigenvalue weighted by molar-refractivity contribution is 5.41.